The van der Waals surface area contributed by atoms with Crippen LogP contribution >= 0.6 is 0 Å². The number of hydrogen-bond acceptors (Lipinski definition) is 2. The lowest BCUT2D eigenvalue weighted by Gasteiger charge is -2.36. The second-order valence-corrected chi connectivity index (χ2v) is 9.59. The molecule has 0 bridgehead atoms. The van der Waals surface area contributed by atoms with Gasteiger partial charge >= 0.3 is 0 Å². The summed E-state index contributed by atoms with van der Waals surface area (Å²) in [4.78, 5) is 0. The smallest absolute Gasteiger partial charge is 0.178 e. The molecule has 1 N–H and O–H groups in total. The lowest BCUT2D eigenvalue weighted by molar-refractivity contribution is 0.107. The maximum absolute atomic E-state index is 11.4. The van der Waals surface area contributed by atoms with Crippen LogP contribution in [-0.2, 0) is 11.2 Å². The van der Waals surface area contributed by atoms with Crippen LogP contribution in [0.1, 0.15) is 34.7 Å². The quantitative estimate of drug-likeness (QED) is 0.302. The predicted molar refractivity (Wildman–Crippen MR) is 141 cm³/mol. The van der Waals surface area contributed by atoms with Gasteiger partial charge in [0.25, 0.3) is 0 Å². The molecule has 35 heavy (non-hydrogen) atoms. The minimum Gasteiger partial charge on any atom is -0.472 e. The van der Waals surface area contributed by atoms with Crippen molar-refractivity contribution in [3.05, 3.63) is 143 Å². The number of hydrogen-bond donors (Lipinski definition) is 1. The zero-order valence-corrected chi connectivity index (χ0v) is 19.4. The summed E-state index contributed by atoms with van der Waals surface area (Å²) in [6.45, 7) is 1.89. The molecule has 1 atom stereocenters. The predicted octanol–water partition coefficient (Wildman–Crippen LogP) is 7.43. The van der Waals surface area contributed by atoms with Crippen molar-refractivity contribution >= 4 is 16.8 Å². The Morgan fingerprint density at radius 1 is 0.629 bits per heavy atom. The third kappa shape index (κ3) is 2.75. The minimum absolute atomic E-state index is 0.730. The molecule has 0 fully saturated rings. The van der Waals surface area contributed by atoms with E-state index in [-0.39, 0.29) is 0 Å². The van der Waals surface area contributed by atoms with Crippen LogP contribution in [-0.4, -0.2) is 5.11 Å². The second kappa shape index (κ2) is 7.18. The van der Waals surface area contributed by atoms with Gasteiger partial charge in [0, 0.05) is 22.1 Å². The Labute approximate surface area is 204 Å². The fraction of sp³-hybridized carbons (Fsp3) is 0.0909. The standard InChI is InChI=1S/C33H24O2/c1-32(34)28-15-9-8-14-27(28)30-25-17-16-22-20-21-33(23-10-4-2-5-11-23,24-12-6-3-7-13-24)35-31(22)26(25)18-19-29(30)32/h2-21,34H,1H3. The highest BCUT2D eigenvalue weighted by molar-refractivity contribution is 6.06. The Balaban J connectivity index is 1.50. The van der Waals surface area contributed by atoms with Gasteiger partial charge in [0.2, 0.25) is 0 Å². The molecule has 0 saturated heterocycles. The van der Waals surface area contributed by atoms with Crippen molar-refractivity contribution in [1.82, 2.24) is 0 Å². The van der Waals surface area contributed by atoms with Crippen LogP contribution in [0, 0.1) is 0 Å². The van der Waals surface area contributed by atoms with E-state index in [1.807, 2.05) is 37.3 Å². The monoisotopic (exact) mass is 452 g/mol. The molecule has 168 valence electrons. The third-order valence-electron chi connectivity index (χ3n) is 7.59. The minimum atomic E-state index is -1.02. The summed E-state index contributed by atoms with van der Waals surface area (Å²) in [5.41, 5.74) is 5.53. The van der Waals surface area contributed by atoms with Gasteiger partial charge in [0.1, 0.15) is 11.4 Å². The normalized spacial score (nSPS) is 19.0. The number of rotatable bonds is 2. The van der Waals surface area contributed by atoms with E-state index in [0.29, 0.717) is 0 Å². The van der Waals surface area contributed by atoms with Crippen molar-refractivity contribution in [1.29, 1.82) is 0 Å². The summed E-state index contributed by atoms with van der Waals surface area (Å²) in [6, 6.07) is 37.4. The van der Waals surface area contributed by atoms with E-state index in [1.54, 1.807) is 0 Å². The van der Waals surface area contributed by atoms with Gasteiger partial charge in [-0.2, -0.15) is 0 Å². The van der Waals surface area contributed by atoms with Gasteiger partial charge in [-0.25, -0.2) is 0 Å². The van der Waals surface area contributed by atoms with Gasteiger partial charge in [-0.15, -0.1) is 0 Å². The Morgan fingerprint density at radius 2 is 1.26 bits per heavy atom. The molecule has 1 aliphatic carbocycles. The number of benzene rings is 5. The highest BCUT2D eigenvalue weighted by atomic mass is 16.5. The van der Waals surface area contributed by atoms with Crippen LogP contribution in [0.25, 0.3) is 28.0 Å². The number of ether oxygens (including phenoxy) is 1. The molecule has 0 saturated carbocycles. The molecule has 0 radical (unpaired) electrons. The van der Waals surface area contributed by atoms with Crippen LogP contribution < -0.4 is 4.74 Å². The van der Waals surface area contributed by atoms with Crippen LogP contribution in [0.2, 0.25) is 0 Å². The summed E-state index contributed by atoms with van der Waals surface area (Å²) in [5, 5.41) is 13.6. The lowest BCUT2D eigenvalue weighted by Crippen LogP contribution is -2.34. The first-order chi connectivity index (χ1) is 17.1. The van der Waals surface area contributed by atoms with Gasteiger partial charge in [-0.3, -0.25) is 0 Å². The molecule has 1 unspecified atom stereocenters. The maximum atomic E-state index is 11.4. The zero-order valence-electron chi connectivity index (χ0n) is 19.4. The summed E-state index contributed by atoms with van der Waals surface area (Å²) in [5.74, 6) is 0.865. The molecule has 2 heteroatoms. The third-order valence-corrected chi connectivity index (χ3v) is 7.59. The van der Waals surface area contributed by atoms with Crippen LogP contribution in [0.15, 0.2) is 115 Å². The van der Waals surface area contributed by atoms with Crippen LogP contribution in [0.4, 0.5) is 0 Å². The van der Waals surface area contributed by atoms with Gasteiger partial charge in [-0.05, 0) is 40.6 Å². The first kappa shape index (κ1) is 20.3. The molecule has 5 aromatic carbocycles. The van der Waals surface area contributed by atoms with Crippen molar-refractivity contribution in [2.24, 2.45) is 0 Å². The molecule has 1 heterocycles. The molecule has 2 aliphatic rings. The lowest BCUT2D eigenvalue weighted by atomic mass is 9.83. The Kier molecular flexibility index (Phi) is 4.15. The van der Waals surface area contributed by atoms with Crippen LogP contribution in [0.5, 0.6) is 5.75 Å². The second-order valence-electron chi connectivity index (χ2n) is 9.59. The van der Waals surface area contributed by atoms with Gasteiger partial charge in [-0.1, -0.05) is 115 Å². The van der Waals surface area contributed by atoms with Crippen molar-refractivity contribution in [3.8, 4) is 16.9 Å². The maximum Gasteiger partial charge on any atom is 0.178 e. The van der Waals surface area contributed by atoms with Crippen molar-refractivity contribution in [2.75, 3.05) is 0 Å². The van der Waals surface area contributed by atoms with Crippen molar-refractivity contribution in [2.45, 2.75) is 18.1 Å². The van der Waals surface area contributed by atoms with E-state index >= 15 is 0 Å². The largest absolute Gasteiger partial charge is 0.472 e. The SMILES string of the molecule is CC1(O)c2ccccc2-c2c1ccc1c3c(ccc21)C=CC(c1ccccc1)(c1ccccc1)O3. The van der Waals surface area contributed by atoms with E-state index in [0.717, 1.165) is 55.5 Å². The summed E-state index contributed by atoms with van der Waals surface area (Å²) < 4.78 is 7.06. The molecular weight excluding hydrogens is 428 g/mol. The van der Waals surface area contributed by atoms with E-state index in [2.05, 4.69) is 91.0 Å². The van der Waals surface area contributed by atoms with Gasteiger partial charge in [0.05, 0.1) is 0 Å². The summed E-state index contributed by atoms with van der Waals surface area (Å²) in [7, 11) is 0. The molecule has 2 nitrogen and oxygen atoms in total. The molecule has 0 aromatic heterocycles. The van der Waals surface area contributed by atoms with Gasteiger partial charge < -0.3 is 9.84 Å². The van der Waals surface area contributed by atoms with E-state index < -0.39 is 11.2 Å². The topological polar surface area (TPSA) is 29.5 Å². The van der Waals surface area contributed by atoms with Crippen molar-refractivity contribution < 1.29 is 9.84 Å². The van der Waals surface area contributed by atoms with Gasteiger partial charge in [0.15, 0.2) is 5.60 Å². The molecular formula is C33H24O2. The average Bonchev–Trinajstić information content (AvgIpc) is 3.16. The molecule has 7 rings (SSSR count). The first-order valence-electron chi connectivity index (χ1n) is 12.0. The number of aliphatic hydroxyl groups is 1. The van der Waals surface area contributed by atoms with Crippen LogP contribution in [0.3, 0.4) is 0 Å². The van der Waals surface area contributed by atoms with E-state index in [4.69, 9.17) is 4.74 Å². The zero-order chi connectivity index (χ0) is 23.6. The summed E-state index contributed by atoms with van der Waals surface area (Å²) in [6.07, 6.45) is 4.34. The fourth-order valence-electron chi connectivity index (χ4n) is 5.86. The molecule has 0 amide bonds. The highest BCUT2D eigenvalue weighted by Crippen LogP contribution is 2.52. The highest BCUT2D eigenvalue weighted by Gasteiger charge is 2.40. The van der Waals surface area contributed by atoms with E-state index in [1.165, 1.54) is 0 Å². The first-order valence-corrected chi connectivity index (χ1v) is 12.0. The molecule has 5 aromatic rings. The number of fused-ring (bicyclic) bond motifs is 7. The fourth-order valence-corrected chi connectivity index (χ4v) is 5.86. The average molecular weight is 453 g/mol. The summed E-state index contributed by atoms with van der Waals surface area (Å²) >= 11 is 0. The molecule has 1 aliphatic heterocycles. The Morgan fingerprint density at radius 3 is 1.97 bits per heavy atom. The van der Waals surface area contributed by atoms with E-state index in [9.17, 15) is 5.11 Å². The Bertz CT molecular complexity index is 1590. The Hall–Kier alpha value is -4.14. The molecule has 0 spiro atoms. The van der Waals surface area contributed by atoms with Crippen molar-refractivity contribution in [3.63, 3.8) is 0 Å².